The average molecular weight is 174 g/mol. The molecule has 0 spiro atoms. The molecule has 1 fully saturated rings. The molecule has 1 aliphatic heterocycles. The quantitative estimate of drug-likeness (QED) is 0.643. The molecule has 0 aromatic heterocycles. The topological polar surface area (TPSA) is 6.48 Å². The highest BCUT2D eigenvalue weighted by Crippen LogP contribution is 2.04. The van der Waals surface area contributed by atoms with Crippen molar-refractivity contribution in [2.45, 2.75) is 19.8 Å². The summed E-state index contributed by atoms with van der Waals surface area (Å²) in [5.74, 6) is 0. The maximum Gasteiger partial charge on any atom is 0.0215 e. The molecular weight excluding hydrogens is 156 g/mol. The van der Waals surface area contributed by atoms with Gasteiger partial charge in [0.2, 0.25) is 0 Å². The van der Waals surface area contributed by atoms with Gasteiger partial charge >= 0.3 is 0 Å². The predicted octanol–water partition coefficient (Wildman–Crippen LogP) is 1.25. The Morgan fingerprint density at radius 2 is 1.82 bits per heavy atom. The first-order chi connectivity index (χ1) is 5.33. The maximum atomic E-state index is 4.30. The SMILES string of the molecule is CCCCN1CCN(S)CC1. The van der Waals surface area contributed by atoms with Gasteiger partial charge in [-0.3, -0.25) is 4.31 Å². The first-order valence-electron chi connectivity index (χ1n) is 4.49. The summed E-state index contributed by atoms with van der Waals surface area (Å²) in [4.78, 5) is 2.52. The van der Waals surface area contributed by atoms with E-state index in [2.05, 4.69) is 28.9 Å². The average Bonchev–Trinajstić information content (AvgIpc) is 2.04. The van der Waals surface area contributed by atoms with Crippen molar-refractivity contribution in [2.24, 2.45) is 0 Å². The zero-order chi connectivity index (χ0) is 8.10. The van der Waals surface area contributed by atoms with Crippen LogP contribution in [0.4, 0.5) is 0 Å². The van der Waals surface area contributed by atoms with E-state index in [1.54, 1.807) is 0 Å². The molecule has 2 nitrogen and oxygen atoms in total. The molecule has 0 amide bonds. The fourth-order valence-electron chi connectivity index (χ4n) is 1.34. The summed E-state index contributed by atoms with van der Waals surface area (Å²) >= 11 is 4.30. The number of rotatable bonds is 3. The van der Waals surface area contributed by atoms with E-state index in [9.17, 15) is 0 Å². The van der Waals surface area contributed by atoms with Gasteiger partial charge in [-0.05, 0) is 13.0 Å². The number of hydrogen-bond donors (Lipinski definition) is 1. The van der Waals surface area contributed by atoms with Crippen LogP contribution in [-0.2, 0) is 0 Å². The highest BCUT2D eigenvalue weighted by molar-refractivity contribution is 7.77. The zero-order valence-electron chi connectivity index (χ0n) is 7.29. The van der Waals surface area contributed by atoms with Crippen LogP contribution >= 0.6 is 12.8 Å². The first kappa shape index (κ1) is 9.36. The normalized spacial score (nSPS) is 22.4. The van der Waals surface area contributed by atoms with Crippen LogP contribution in [-0.4, -0.2) is 41.9 Å². The fraction of sp³-hybridized carbons (Fsp3) is 1.00. The van der Waals surface area contributed by atoms with Gasteiger partial charge in [0.1, 0.15) is 0 Å². The molecule has 0 aromatic carbocycles. The molecule has 0 saturated carbocycles. The molecule has 1 heterocycles. The Morgan fingerprint density at radius 3 is 2.36 bits per heavy atom. The Morgan fingerprint density at radius 1 is 1.18 bits per heavy atom. The lowest BCUT2D eigenvalue weighted by Gasteiger charge is -2.31. The van der Waals surface area contributed by atoms with Crippen molar-refractivity contribution in [3.8, 4) is 0 Å². The van der Waals surface area contributed by atoms with Crippen molar-refractivity contribution >= 4 is 12.8 Å². The predicted molar refractivity (Wildman–Crippen MR) is 51.9 cm³/mol. The third-order valence-corrected chi connectivity index (χ3v) is 2.58. The lowest BCUT2D eigenvalue weighted by atomic mass is 10.3. The van der Waals surface area contributed by atoms with E-state index < -0.39 is 0 Å². The van der Waals surface area contributed by atoms with Crippen molar-refractivity contribution in [3.63, 3.8) is 0 Å². The Hall–Kier alpha value is 0.270. The van der Waals surface area contributed by atoms with Crippen LogP contribution < -0.4 is 0 Å². The van der Waals surface area contributed by atoms with E-state index in [0.717, 1.165) is 13.1 Å². The first-order valence-corrected chi connectivity index (χ1v) is 4.89. The molecule has 0 unspecified atom stereocenters. The lowest BCUT2D eigenvalue weighted by molar-refractivity contribution is 0.195. The van der Waals surface area contributed by atoms with E-state index >= 15 is 0 Å². The summed E-state index contributed by atoms with van der Waals surface area (Å²) in [5.41, 5.74) is 0. The van der Waals surface area contributed by atoms with Crippen LogP contribution in [0.15, 0.2) is 0 Å². The van der Waals surface area contributed by atoms with E-state index in [1.165, 1.54) is 32.5 Å². The van der Waals surface area contributed by atoms with Crippen molar-refractivity contribution in [3.05, 3.63) is 0 Å². The molecule has 0 N–H and O–H groups in total. The van der Waals surface area contributed by atoms with Crippen molar-refractivity contribution < 1.29 is 0 Å². The Bertz CT molecular complexity index is 97.5. The number of piperazine rings is 1. The summed E-state index contributed by atoms with van der Waals surface area (Å²) < 4.78 is 2.10. The second-order valence-electron chi connectivity index (χ2n) is 3.15. The summed E-state index contributed by atoms with van der Waals surface area (Å²) in [6.07, 6.45) is 2.65. The minimum atomic E-state index is 1.12. The smallest absolute Gasteiger partial charge is 0.0215 e. The monoisotopic (exact) mass is 174 g/mol. The molecule has 1 rings (SSSR count). The van der Waals surface area contributed by atoms with Gasteiger partial charge < -0.3 is 4.90 Å². The van der Waals surface area contributed by atoms with Crippen molar-refractivity contribution in [2.75, 3.05) is 32.7 Å². The Balaban J connectivity index is 2.07. The molecule has 11 heavy (non-hydrogen) atoms. The molecule has 0 aromatic rings. The van der Waals surface area contributed by atoms with Gasteiger partial charge in [0.15, 0.2) is 0 Å². The van der Waals surface area contributed by atoms with Crippen molar-refractivity contribution in [1.29, 1.82) is 0 Å². The second-order valence-corrected chi connectivity index (χ2v) is 3.71. The van der Waals surface area contributed by atoms with E-state index in [-0.39, 0.29) is 0 Å². The zero-order valence-corrected chi connectivity index (χ0v) is 8.19. The molecule has 3 heteroatoms. The summed E-state index contributed by atoms with van der Waals surface area (Å²) in [6, 6.07) is 0. The highest BCUT2D eigenvalue weighted by atomic mass is 32.1. The van der Waals surface area contributed by atoms with Gasteiger partial charge in [-0.15, -0.1) is 0 Å². The van der Waals surface area contributed by atoms with Gasteiger partial charge in [-0.2, -0.15) is 0 Å². The van der Waals surface area contributed by atoms with Crippen molar-refractivity contribution in [1.82, 2.24) is 9.21 Å². The van der Waals surface area contributed by atoms with Crippen LogP contribution in [0.25, 0.3) is 0 Å². The second kappa shape index (κ2) is 5.01. The van der Waals surface area contributed by atoms with E-state index in [4.69, 9.17) is 0 Å². The van der Waals surface area contributed by atoms with Gasteiger partial charge in [-0.1, -0.05) is 26.2 Å². The Kier molecular flexibility index (Phi) is 4.26. The van der Waals surface area contributed by atoms with Gasteiger partial charge in [0.25, 0.3) is 0 Å². The largest absolute Gasteiger partial charge is 0.301 e. The van der Waals surface area contributed by atoms with Crippen LogP contribution in [0, 0.1) is 0 Å². The number of nitrogens with zero attached hydrogens (tertiary/aromatic N) is 2. The molecule has 0 bridgehead atoms. The van der Waals surface area contributed by atoms with Crippen LogP contribution in [0.3, 0.4) is 0 Å². The van der Waals surface area contributed by atoms with Crippen LogP contribution in [0.5, 0.6) is 0 Å². The van der Waals surface area contributed by atoms with Gasteiger partial charge in [0, 0.05) is 26.2 Å². The number of hydrogen-bond acceptors (Lipinski definition) is 3. The number of unbranched alkanes of at least 4 members (excludes halogenated alkanes) is 1. The minimum absolute atomic E-state index is 1.12. The molecule has 1 saturated heterocycles. The summed E-state index contributed by atoms with van der Waals surface area (Å²) in [6.45, 7) is 8.15. The van der Waals surface area contributed by atoms with Crippen LogP contribution in [0.2, 0.25) is 0 Å². The minimum Gasteiger partial charge on any atom is -0.301 e. The molecule has 1 aliphatic rings. The third-order valence-electron chi connectivity index (χ3n) is 2.18. The molecule has 66 valence electrons. The van der Waals surface area contributed by atoms with E-state index in [1.807, 2.05) is 0 Å². The maximum absolute atomic E-state index is 4.30. The van der Waals surface area contributed by atoms with Gasteiger partial charge in [-0.25, -0.2) is 0 Å². The summed E-state index contributed by atoms with van der Waals surface area (Å²) in [5, 5.41) is 0. The number of thiol groups is 1. The standard InChI is InChI=1S/C8H18N2S/c1-2-3-4-9-5-7-10(11)8-6-9/h11H,2-8H2,1H3. The molecule has 0 atom stereocenters. The third kappa shape index (κ3) is 3.45. The fourth-order valence-corrected chi connectivity index (χ4v) is 1.52. The van der Waals surface area contributed by atoms with Crippen LogP contribution in [0.1, 0.15) is 19.8 Å². The molecule has 0 radical (unpaired) electrons. The van der Waals surface area contributed by atoms with Gasteiger partial charge in [0.05, 0.1) is 0 Å². The molecular formula is C8H18N2S. The van der Waals surface area contributed by atoms with E-state index in [0.29, 0.717) is 0 Å². The Labute approximate surface area is 75.1 Å². The molecule has 0 aliphatic carbocycles. The summed E-state index contributed by atoms with van der Waals surface area (Å²) in [7, 11) is 0. The highest BCUT2D eigenvalue weighted by Gasteiger charge is 2.12. The lowest BCUT2D eigenvalue weighted by Crippen LogP contribution is -2.42.